The van der Waals surface area contributed by atoms with Gasteiger partial charge in [0, 0.05) is 5.69 Å². The number of alkyl halides is 3. The van der Waals surface area contributed by atoms with E-state index in [1.165, 1.54) is 12.1 Å². The lowest BCUT2D eigenvalue weighted by Crippen LogP contribution is -2.28. The standard InChI is InChI=1S/C12H17F3N2/c1-3-7-5-9(11(17)12(13,14)15)6-8(4-2)10(7)16/h5-6,11H,3-4,16-17H2,1-2H3/t11-/m1/s1. The number of halogens is 3. The summed E-state index contributed by atoms with van der Waals surface area (Å²) in [6, 6.07) is 0.956. The summed E-state index contributed by atoms with van der Waals surface area (Å²) in [7, 11) is 0. The lowest BCUT2D eigenvalue weighted by molar-refractivity contribution is -0.149. The molecule has 17 heavy (non-hydrogen) atoms. The van der Waals surface area contributed by atoms with Gasteiger partial charge in [-0.1, -0.05) is 26.0 Å². The Kier molecular flexibility index (Phi) is 4.03. The zero-order valence-electron chi connectivity index (χ0n) is 9.93. The minimum atomic E-state index is -4.42. The van der Waals surface area contributed by atoms with Gasteiger partial charge in [0.05, 0.1) is 0 Å². The molecule has 0 saturated carbocycles. The molecule has 0 aliphatic carbocycles. The zero-order chi connectivity index (χ0) is 13.2. The maximum Gasteiger partial charge on any atom is 0.407 e. The molecule has 0 heterocycles. The summed E-state index contributed by atoms with van der Waals surface area (Å²) >= 11 is 0. The summed E-state index contributed by atoms with van der Waals surface area (Å²) in [6.45, 7) is 3.71. The SMILES string of the molecule is CCc1cc([C@@H](N)C(F)(F)F)cc(CC)c1N. The molecule has 0 radical (unpaired) electrons. The first-order chi connectivity index (χ1) is 7.81. The second-order valence-electron chi connectivity index (χ2n) is 3.98. The van der Waals surface area contributed by atoms with Gasteiger partial charge in [-0.15, -0.1) is 0 Å². The summed E-state index contributed by atoms with van der Waals surface area (Å²) in [6.07, 6.45) is -3.24. The van der Waals surface area contributed by atoms with Gasteiger partial charge < -0.3 is 11.5 Å². The molecule has 4 N–H and O–H groups in total. The third-order valence-electron chi connectivity index (χ3n) is 2.85. The molecule has 1 rings (SSSR count). The van der Waals surface area contributed by atoms with Gasteiger partial charge in [0.25, 0.3) is 0 Å². The number of aryl methyl sites for hydroxylation is 2. The molecular formula is C12H17F3N2. The number of hydrogen-bond donors (Lipinski definition) is 2. The number of benzene rings is 1. The first-order valence-corrected chi connectivity index (χ1v) is 5.54. The van der Waals surface area contributed by atoms with Crippen LogP contribution in [-0.4, -0.2) is 6.18 Å². The van der Waals surface area contributed by atoms with Crippen molar-refractivity contribution in [3.63, 3.8) is 0 Å². The number of rotatable bonds is 3. The third kappa shape index (κ3) is 2.91. The summed E-state index contributed by atoms with van der Waals surface area (Å²) < 4.78 is 37.7. The summed E-state index contributed by atoms with van der Waals surface area (Å²) in [5.74, 6) is 0. The van der Waals surface area contributed by atoms with Gasteiger partial charge in [-0.2, -0.15) is 13.2 Å². The molecule has 0 fully saturated rings. The first-order valence-electron chi connectivity index (χ1n) is 5.54. The van der Waals surface area contributed by atoms with Crippen LogP contribution in [0.1, 0.15) is 36.6 Å². The van der Waals surface area contributed by atoms with Crippen LogP contribution in [-0.2, 0) is 12.8 Å². The highest BCUT2D eigenvalue weighted by molar-refractivity contribution is 5.56. The fourth-order valence-electron chi connectivity index (χ4n) is 1.76. The van der Waals surface area contributed by atoms with Crippen molar-refractivity contribution in [1.82, 2.24) is 0 Å². The predicted octanol–water partition coefficient (Wildman–Crippen LogP) is 2.96. The molecule has 5 heteroatoms. The minimum Gasteiger partial charge on any atom is -0.398 e. The molecule has 0 aliphatic rings. The average Bonchev–Trinajstić information content (AvgIpc) is 2.27. The normalized spacial score (nSPS) is 13.8. The molecule has 0 saturated heterocycles. The Balaban J connectivity index is 3.27. The van der Waals surface area contributed by atoms with Crippen LogP contribution in [0.5, 0.6) is 0 Å². The van der Waals surface area contributed by atoms with Crippen molar-refractivity contribution >= 4 is 5.69 Å². The third-order valence-corrected chi connectivity index (χ3v) is 2.85. The van der Waals surface area contributed by atoms with Crippen LogP contribution in [0.15, 0.2) is 12.1 Å². The van der Waals surface area contributed by atoms with E-state index in [-0.39, 0.29) is 5.56 Å². The Morgan fingerprint density at radius 2 is 1.53 bits per heavy atom. The van der Waals surface area contributed by atoms with Crippen molar-refractivity contribution in [1.29, 1.82) is 0 Å². The molecule has 1 aromatic carbocycles. The average molecular weight is 246 g/mol. The lowest BCUT2D eigenvalue weighted by Gasteiger charge is -2.19. The Labute approximate surface area is 98.8 Å². The van der Waals surface area contributed by atoms with Gasteiger partial charge >= 0.3 is 6.18 Å². The molecular weight excluding hydrogens is 229 g/mol. The number of hydrogen-bond acceptors (Lipinski definition) is 2. The topological polar surface area (TPSA) is 52.0 Å². The van der Waals surface area contributed by atoms with E-state index in [0.717, 1.165) is 11.1 Å². The number of nitrogen functional groups attached to an aromatic ring is 1. The van der Waals surface area contributed by atoms with Gasteiger partial charge in [-0.3, -0.25) is 0 Å². The van der Waals surface area contributed by atoms with Crippen LogP contribution in [0.25, 0.3) is 0 Å². The molecule has 2 nitrogen and oxygen atoms in total. The summed E-state index contributed by atoms with van der Waals surface area (Å²) in [5.41, 5.74) is 13.2. The second-order valence-corrected chi connectivity index (χ2v) is 3.98. The lowest BCUT2D eigenvalue weighted by atomic mass is 9.96. The smallest absolute Gasteiger partial charge is 0.398 e. The van der Waals surface area contributed by atoms with Crippen LogP contribution in [0.3, 0.4) is 0 Å². The highest BCUT2D eigenvalue weighted by atomic mass is 19.4. The van der Waals surface area contributed by atoms with Crippen LogP contribution in [0, 0.1) is 0 Å². The fourth-order valence-corrected chi connectivity index (χ4v) is 1.76. The number of nitrogens with two attached hydrogens (primary N) is 2. The van der Waals surface area contributed by atoms with E-state index in [1.807, 2.05) is 13.8 Å². The van der Waals surface area contributed by atoms with Crippen molar-refractivity contribution in [2.24, 2.45) is 5.73 Å². The fraction of sp³-hybridized carbons (Fsp3) is 0.500. The van der Waals surface area contributed by atoms with Crippen LogP contribution in [0.4, 0.5) is 18.9 Å². The van der Waals surface area contributed by atoms with Crippen LogP contribution < -0.4 is 11.5 Å². The van der Waals surface area contributed by atoms with Crippen LogP contribution in [0.2, 0.25) is 0 Å². The zero-order valence-corrected chi connectivity index (χ0v) is 9.93. The Morgan fingerprint density at radius 1 is 1.12 bits per heavy atom. The van der Waals surface area contributed by atoms with E-state index in [0.29, 0.717) is 18.5 Å². The van der Waals surface area contributed by atoms with E-state index in [9.17, 15) is 13.2 Å². The summed E-state index contributed by atoms with van der Waals surface area (Å²) in [5, 5.41) is 0. The van der Waals surface area contributed by atoms with Crippen molar-refractivity contribution in [2.45, 2.75) is 38.9 Å². The monoisotopic (exact) mass is 246 g/mol. The molecule has 0 aliphatic heterocycles. The van der Waals surface area contributed by atoms with E-state index in [2.05, 4.69) is 0 Å². The van der Waals surface area contributed by atoms with Crippen LogP contribution >= 0.6 is 0 Å². The minimum absolute atomic E-state index is 0.0837. The molecule has 0 amide bonds. The maximum atomic E-state index is 12.6. The highest BCUT2D eigenvalue weighted by Gasteiger charge is 2.38. The predicted molar refractivity (Wildman–Crippen MR) is 62.6 cm³/mol. The van der Waals surface area contributed by atoms with E-state index >= 15 is 0 Å². The number of anilines is 1. The van der Waals surface area contributed by atoms with Gasteiger partial charge in [-0.05, 0) is 29.5 Å². The molecule has 1 atom stereocenters. The van der Waals surface area contributed by atoms with Gasteiger partial charge in [0.1, 0.15) is 6.04 Å². The molecule has 0 spiro atoms. The quantitative estimate of drug-likeness (QED) is 0.805. The van der Waals surface area contributed by atoms with E-state index in [1.54, 1.807) is 0 Å². The van der Waals surface area contributed by atoms with E-state index < -0.39 is 12.2 Å². The molecule has 0 aromatic heterocycles. The Morgan fingerprint density at radius 3 is 1.82 bits per heavy atom. The van der Waals surface area contributed by atoms with Gasteiger partial charge in [0.2, 0.25) is 0 Å². The molecule has 0 unspecified atom stereocenters. The van der Waals surface area contributed by atoms with Gasteiger partial charge in [-0.25, -0.2) is 0 Å². The van der Waals surface area contributed by atoms with Crippen molar-refractivity contribution in [3.8, 4) is 0 Å². The maximum absolute atomic E-state index is 12.6. The van der Waals surface area contributed by atoms with Crippen molar-refractivity contribution < 1.29 is 13.2 Å². The second kappa shape index (κ2) is 4.96. The van der Waals surface area contributed by atoms with Crippen molar-refractivity contribution in [2.75, 3.05) is 5.73 Å². The Bertz CT molecular complexity index is 374. The van der Waals surface area contributed by atoms with E-state index in [4.69, 9.17) is 11.5 Å². The largest absolute Gasteiger partial charge is 0.407 e. The molecule has 0 bridgehead atoms. The van der Waals surface area contributed by atoms with Gasteiger partial charge in [0.15, 0.2) is 0 Å². The first kappa shape index (κ1) is 13.8. The summed E-state index contributed by atoms with van der Waals surface area (Å²) in [4.78, 5) is 0. The Hall–Kier alpha value is -1.23. The van der Waals surface area contributed by atoms with Crippen molar-refractivity contribution in [3.05, 3.63) is 28.8 Å². The molecule has 1 aromatic rings. The highest BCUT2D eigenvalue weighted by Crippen LogP contribution is 2.33. The molecule has 96 valence electrons.